The summed E-state index contributed by atoms with van der Waals surface area (Å²) in [5.41, 5.74) is 3.99. The Morgan fingerprint density at radius 3 is 2.14 bits per heavy atom. The third-order valence-corrected chi connectivity index (χ3v) is 5.83. The quantitative estimate of drug-likeness (QED) is 0.392. The summed E-state index contributed by atoms with van der Waals surface area (Å²) < 4.78 is 37.1. The van der Waals surface area contributed by atoms with Gasteiger partial charge in [0.1, 0.15) is 18.7 Å². The molecule has 35 heavy (non-hydrogen) atoms. The number of fused-ring (bicyclic) bond motifs is 3. The van der Waals surface area contributed by atoms with Crippen molar-refractivity contribution in [2.75, 3.05) is 20.3 Å². The second-order valence-corrected chi connectivity index (χ2v) is 8.21. The first-order valence-electron chi connectivity index (χ1n) is 11.2. The van der Waals surface area contributed by atoms with Gasteiger partial charge in [-0.25, -0.2) is 18.4 Å². The summed E-state index contributed by atoms with van der Waals surface area (Å²) in [6, 6.07) is 12.3. The second-order valence-electron chi connectivity index (χ2n) is 8.21. The van der Waals surface area contributed by atoms with Crippen LogP contribution in [0.3, 0.4) is 0 Å². The molecule has 0 saturated heterocycles. The van der Waals surface area contributed by atoms with Crippen LogP contribution in [0.25, 0.3) is 11.1 Å². The van der Waals surface area contributed by atoms with Gasteiger partial charge in [0.15, 0.2) is 0 Å². The first-order chi connectivity index (χ1) is 16.8. The van der Waals surface area contributed by atoms with Gasteiger partial charge < -0.3 is 25.2 Å². The molecule has 0 fully saturated rings. The minimum absolute atomic E-state index is 0.0669. The van der Waals surface area contributed by atoms with E-state index in [-0.39, 0.29) is 18.9 Å². The van der Waals surface area contributed by atoms with Gasteiger partial charge in [-0.15, -0.1) is 0 Å². The van der Waals surface area contributed by atoms with Gasteiger partial charge in [-0.05, 0) is 35.1 Å². The van der Waals surface area contributed by atoms with Crippen LogP contribution in [0, 0.1) is 0 Å². The number of carbonyl (C=O) groups is 3. The number of hydrogen-bond donors (Lipinski definition) is 3. The standard InChI is InChI=1S/C25H28F2N2O6/c1-34-12-6-11-20(24(31)32)28-22(30)13-21(23(26)27)29-25(33)35-14-19-17-9-4-2-7-15(17)16-8-3-5-10-18(16)19/h2-5,7-10,19-21,23H,6,11-14H2,1H3,(H,28,30)(H,29,33)(H,31,32). The van der Waals surface area contributed by atoms with E-state index in [2.05, 4.69) is 5.32 Å². The highest BCUT2D eigenvalue weighted by Gasteiger charge is 2.31. The molecule has 0 spiro atoms. The molecular weight excluding hydrogens is 462 g/mol. The van der Waals surface area contributed by atoms with Gasteiger partial charge in [0.2, 0.25) is 5.91 Å². The van der Waals surface area contributed by atoms with Crippen LogP contribution in [0.1, 0.15) is 36.3 Å². The third-order valence-electron chi connectivity index (χ3n) is 5.83. The van der Waals surface area contributed by atoms with Gasteiger partial charge in [-0.1, -0.05) is 48.5 Å². The smallest absolute Gasteiger partial charge is 0.407 e. The van der Waals surface area contributed by atoms with Crippen molar-refractivity contribution in [3.8, 4) is 11.1 Å². The fourth-order valence-corrected chi connectivity index (χ4v) is 4.14. The molecule has 3 N–H and O–H groups in total. The minimum Gasteiger partial charge on any atom is -0.480 e. The van der Waals surface area contributed by atoms with Crippen molar-refractivity contribution in [2.45, 2.75) is 43.7 Å². The molecule has 0 saturated carbocycles. The van der Waals surface area contributed by atoms with Crippen LogP contribution in [-0.4, -0.2) is 61.9 Å². The number of carboxylic acids is 1. The van der Waals surface area contributed by atoms with Crippen LogP contribution in [0.5, 0.6) is 0 Å². The molecular formula is C25H28F2N2O6. The second kappa shape index (κ2) is 12.3. The molecule has 0 aliphatic heterocycles. The van der Waals surface area contributed by atoms with Crippen LogP contribution < -0.4 is 10.6 Å². The molecule has 188 valence electrons. The van der Waals surface area contributed by atoms with Gasteiger partial charge >= 0.3 is 12.1 Å². The predicted molar refractivity (Wildman–Crippen MR) is 123 cm³/mol. The predicted octanol–water partition coefficient (Wildman–Crippen LogP) is 3.54. The highest BCUT2D eigenvalue weighted by Crippen LogP contribution is 2.44. The zero-order chi connectivity index (χ0) is 25.4. The maximum Gasteiger partial charge on any atom is 0.407 e. The molecule has 0 heterocycles. The Morgan fingerprint density at radius 2 is 1.60 bits per heavy atom. The number of hydrogen-bond acceptors (Lipinski definition) is 5. The third kappa shape index (κ3) is 6.75. The van der Waals surface area contributed by atoms with Crippen molar-refractivity contribution in [2.24, 2.45) is 0 Å². The lowest BCUT2D eigenvalue weighted by Crippen LogP contribution is -2.47. The Labute approximate surface area is 201 Å². The molecule has 8 nitrogen and oxygen atoms in total. The number of aliphatic carboxylic acids is 1. The maximum absolute atomic E-state index is 13.5. The number of alkyl halides is 2. The number of methoxy groups -OCH3 is 1. The van der Waals surface area contributed by atoms with Gasteiger partial charge in [0.25, 0.3) is 6.43 Å². The Hall–Kier alpha value is -3.53. The van der Waals surface area contributed by atoms with E-state index in [1.54, 1.807) is 0 Å². The molecule has 0 radical (unpaired) electrons. The Bertz CT molecular complexity index is 1000. The summed E-state index contributed by atoms with van der Waals surface area (Å²) in [6.07, 6.45) is -4.49. The van der Waals surface area contributed by atoms with Crippen LogP contribution >= 0.6 is 0 Å². The molecule has 2 aromatic rings. The minimum atomic E-state index is -3.06. The summed E-state index contributed by atoms with van der Waals surface area (Å²) in [7, 11) is 1.45. The monoisotopic (exact) mass is 490 g/mol. The van der Waals surface area contributed by atoms with Crippen LogP contribution in [0.15, 0.2) is 48.5 Å². The number of ether oxygens (including phenoxy) is 2. The Balaban J connectivity index is 1.57. The zero-order valence-electron chi connectivity index (χ0n) is 19.2. The molecule has 1 aliphatic carbocycles. The molecule has 10 heteroatoms. The lowest BCUT2D eigenvalue weighted by Gasteiger charge is -2.20. The number of carboxylic acid groups (broad SMARTS) is 1. The summed E-state index contributed by atoms with van der Waals surface area (Å²) >= 11 is 0. The van der Waals surface area contributed by atoms with E-state index in [1.807, 2.05) is 53.8 Å². The van der Waals surface area contributed by atoms with E-state index >= 15 is 0 Å². The fraction of sp³-hybridized carbons (Fsp3) is 0.400. The topological polar surface area (TPSA) is 114 Å². The lowest BCUT2D eigenvalue weighted by atomic mass is 9.98. The van der Waals surface area contributed by atoms with Crippen LogP contribution in [0.2, 0.25) is 0 Å². The van der Waals surface area contributed by atoms with E-state index in [4.69, 9.17) is 9.47 Å². The van der Waals surface area contributed by atoms with Gasteiger partial charge in [0, 0.05) is 19.6 Å². The van der Waals surface area contributed by atoms with Crippen molar-refractivity contribution >= 4 is 18.0 Å². The number of amides is 2. The zero-order valence-corrected chi connectivity index (χ0v) is 19.2. The molecule has 2 unspecified atom stereocenters. The van der Waals surface area contributed by atoms with Gasteiger partial charge in [0.05, 0.1) is 6.42 Å². The number of alkyl carbamates (subject to hydrolysis) is 1. The molecule has 2 amide bonds. The number of benzene rings is 2. The Morgan fingerprint density at radius 1 is 1.00 bits per heavy atom. The molecule has 2 aromatic carbocycles. The van der Waals surface area contributed by atoms with E-state index in [1.165, 1.54) is 7.11 Å². The molecule has 2 atom stereocenters. The summed E-state index contributed by atoms with van der Waals surface area (Å²) in [5, 5.41) is 13.5. The molecule has 1 aliphatic rings. The van der Waals surface area contributed by atoms with Crippen molar-refractivity contribution in [1.82, 2.24) is 10.6 Å². The fourth-order valence-electron chi connectivity index (χ4n) is 4.14. The van der Waals surface area contributed by atoms with Crippen molar-refractivity contribution in [3.63, 3.8) is 0 Å². The number of carbonyl (C=O) groups excluding carboxylic acids is 2. The Kier molecular flexibility index (Phi) is 9.13. The maximum atomic E-state index is 13.5. The summed E-state index contributed by atoms with van der Waals surface area (Å²) in [5.74, 6) is -2.45. The van der Waals surface area contributed by atoms with E-state index < -0.39 is 42.9 Å². The lowest BCUT2D eigenvalue weighted by molar-refractivity contribution is -0.142. The average Bonchev–Trinajstić information content (AvgIpc) is 3.15. The van der Waals surface area contributed by atoms with E-state index in [0.717, 1.165) is 22.3 Å². The first-order valence-corrected chi connectivity index (χ1v) is 11.2. The van der Waals surface area contributed by atoms with Crippen molar-refractivity contribution in [3.05, 3.63) is 59.7 Å². The van der Waals surface area contributed by atoms with E-state index in [9.17, 15) is 28.3 Å². The number of nitrogens with one attached hydrogen (secondary N) is 2. The highest BCUT2D eigenvalue weighted by molar-refractivity contribution is 5.84. The molecule has 3 rings (SSSR count). The SMILES string of the molecule is COCCCC(NC(=O)CC(NC(=O)OCC1c2ccccc2-c2ccccc21)C(F)F)C(=O)O. The summed E-state index contributed by atoms with van der Waals surface area (Å²) in [4.78, 5) is 35.8. The van der Waals surface area contributed by atoms with E-state index in [0.29, 0.717) is 13.0 Å². The molecule has 0 bridgehead atoms. The average molecular weight is 491 g/mol. The van der Waals surface area contributed by atoms with Crippen LogP contribution in [0.4, 0.5) is 13.6 Å². The summed E-state index contributed by atoms with van der Waals surface area (Å²) in [6.45, 7) is 0.227. The largest absolute Gasteiger partial charge is 0.480 e. The van der Waals surface area contributed by atoms with Crippen molar-refractivity contribution < 1.29 is 37.7 Å². The first kappa shape index (κ1) is 26.1. The number of rotatable bonds is 12. The van der Waals surface area contributed by atoms with Crippen molar-refractivity contribution in [1.29, 1.82) is 0 Å². The van der Waals surface area contributed by atoms with Gasteiger partial charge in [-0.2, -0.15) is 0 Å². The normalized spacial score (nSPS) is 14.1. The molecule has 0 aromatic heterocycles. The van der Waals surface area contributed by atoms with Crippen LogP contribution in [-0.2, 0) is 19.1 Å². The van der Waals surface area contributed by atoms with Gasteiger partial charge in [-0.3, -0.25) is 4.79 Å². The number of halogens is 2. The highest BCUT2D eigenvalue weighted by atomic mass is 19.3.